The number of nitrogens with zero attached hydrogens (tertiary/aromatic N) is 4. The van der Waals surface area contributed by atoms with Crippen LogP contribution in [-0.2, 0) is 50.7 Å². The predicted octanol–water partition coefficient (Wildman–Crippen LogP) is 3.17. The van der Waals surface area contributed by atoms with Gasteiger partial charge in [-0.2, -0.15) is 0 Å². The fourth-order valence-electron chi connectivity index (χ4n) is 6.32. The number of hydrogen-bond acceptors (Lipinski definition) is 22. The van der Waals surface area contributed by atoms with Crippen LogP contribution in [0.25, 0.3) is 11.2 Å². The number of nitrogens with one attached hydrogen (secondary N) is 2. The summed E-state index contributed by atoms with van der Waals surface area (Å²) < 4.78 is 60.8. The van der Waals surface area contributed by atoms with Gasteiger partial charge in [0.25, 0.3) is 15.6 Å². The molecule has 73 heavy (non-hydrogen) atoms. The molecule has 406 valence electrons. The van der Waals surface area contributed by atoms with Crippen LogP contribution >= 0.6 is 35.2 Å². The van der Waals surface area contributed by atoms with E-state index in [1.54, 1.807) is 6.08 Å². The molecular weight excluding hydrogens is 1040 g/mol. The summed E-state index contributed by atoms with van der Waals surface area (Å²) in [6, 6.07) is 0. The second kappa shape index (κ2) is 32.2. The van der Waals surface area contributed by atoms with Crippen molar-refractivity contribution >= 4 is 69.1 Å². The van der Waals surface area contributed by atoms with E-state index in [1.165, 1.54) is 19.9 Å². The van der Waals surface area contributed by atoms with Crippen LogP contribution in [0.1, 0.15) is 84.8 Å². The number of phosphoric acid groups is 3. The maximum Gasteiger partial charge on any atom is 0.274 e. The van der Waals surface area contributed by atoms with Gasteiger partial charge in [-0.25, -0.2) is 19.3 Å². The number of aliphatic hydroxyl groups is 2. The van der Waals surface area contributed by atoms with Crippen molar-refractivity contribution in [3.63, 3.8) is 0 Å². The molecule has 2 amide bonds. The van der Waals surface area contributed by atoms with E-state index in [0.29, 0.717) is 12.2 Å². The third-order valence-corrected chi connectivity index (χ3v) is 13.9. The number of ether oxygens (including phenoxy) is 1. The first kappa shape index (κ1) is 63.0. The van der Waals surface area contributed by atoms with Crippen LogP contribution in [-0.4, -0.2) is 103 Å². The van der Waals surface area contributed by atoms with Gasteiger partial charge < -0.3 is 69.0 Å². The number of imidazole rings is 1. The van der Waals surface area contributed by atoms with E-state index in [-0.39, 0.29) is 41.6 Å². The molecule has 0 aromatic carbocycles. The lowest BCUT2D eigenvalue weighted by Gasteiger charge is -2.36. The standard InChI is InChI=1S/C45H68N7O17P3S/c1-4-5-6-7-8-9-10-11-12-13-14-15-16-17-18-19-20-21-22-23-24-25-36(54)73-29-28-47-35(53)26-27-48-43(57)40(56)45(2,3)31-66-72(63,64)69-71(61,62)65-30-34-39(68-70(58,59)60)38(55)44(67-34)52-33-51-37-41(46)49-32-50-42(37)52/h5-6,8-9,11-12,14-15,17-18,20-21,24-25,32-34,38-40,44,55-56H,4,7,10,13,16,19,22-23,26-31H2,1-3H3,(H,47,53)(H,48,57)(H,61,62)(H,63,64)(H2,46,49,50)(H2,58,59,60)/p-4/b6-5-,9-8-,12-11-,15-14-,18-17-,21-20-,25-24+/t34-,38-,39-,40+,44-/m1/s1. The molecule has 28 heteroatoms. The van der Waals surface area contributed by atoms with E-state index in [9.17, 15) is 57.9 Å². The number of unbranched alkanes of at least 4 members (excludes halogenated alkanes) is 1. The van der Waals surface area contributed by atoms with Crippen LogP contribution in [0.5, 0.6) is 0 Å². The van der Waals surface area contributed by atoms with Gasteiger partial charge in [0, 0.05) is 30.7 Å². The average Bonchev–Trinajstić information content (AvgIpc) is 3.88. The molecule has 2 unspecified atom stereocenters. The highest BCUT2D eigenvalue weighted by Crippen LogP contribution is 2.56. The summed E-state index contributed by atoms with van der Waals surface area (Å²) in [5.74, 6) is -1.27. The Hall–Kier alpha value is -4.26. The van der Waals surface area contributed by atoms with Gasteiger partial charge >= 0.3 is 0 Å². The number of thioether (sulfide) groups is 1. The van der Waals surface area contributed by atoms with Crippen molar-refractivity contribution in [2.45, 2.75) is 109 Å². The number of nitrogen functional groups attached to an aromatic ring is 1. The molecule has 0 aliphatic carbocycles. The molecular formula is C45H64N7O17P3S-4. The number of allylic oxidation sites excluding steroid dienone is 13. The number of fused-ring (bicyclic) bond motifs is 1. The first-order valence-electron chi connectivity index (χ1n) is 23.1. The number of anilines is 1. The molecule has 7 atom stereocenters. The molecule has 1 fully saturated rings. The number of aliphatic hydroxyl groups excluding tert-OH is 2. The van der Waals surface area contributed by atoms with Crippen molar-refractivity contribution < 1.29 is 80.5 Å². The van der Waals surface area contributed by atoms with Gasteiger partial charge in [0.1, 0.15) is 36.3 Å². The second-order valence-corrected chi connectivity index (χ2v) is 21.7. The smallest absolute Gasteiger partial charge is 0.274 e. The Morgan fingerprint density at radius 1 is 0.849 bits per heavy atom. The van der Waals surface area contributed by atoms with Crippen LogP contribution in [0, 0.1) is 5.41 Å². The van der Waals surface area contributed by atoms with Gasteiger partial charge in [0.05, 0.1) is 27.4 Å². The minimum absolute atomic E-state index is 0.0235. The number of rotatable bonds is 34. The molecule has 2 aromatic heterocycles. The van der Waals surface area contributed by atoms with Crippen molar-refractivity contribution in [2.75, 3.05) is 37.8 Å². The minimum Gasteiger partial charge on any atom is -0.790 e. The maximum atomic E-state index is 12.7. The Labute approximate surface area is 428 Å². The SMILES string of the molecule is CC/C=C\C/C=C\C/C=C\C/C=C\C/C=C\C/C=C\CC/C=C/C(=O)SCCNC(=O)CCNC(=O)[C@H](O)C(C)(C)COP(=O)([O-])OP(=O)([O-])OC[C@H]1O[C@@H](n2cnc3c(N)ncnc32)[C@H](O)[C@@H]1OP(=O)([O-])[O-]. The summed E-state index contributed by atoms with van der Waals surface area (Å²) in [5.41, 5.74) is 4.07. The highest BCUT2D eigenvalue weighted by molar-refractivity contribution is 8.14. The van der Waals surface area contributed by atoms with Crippen LogP contribution in [0.15, 0.2) is 97.7 Å². The second-order valence-electron chi connectivity index (χ2n) is 16.5. The first-order valence-corrected chi connectivity index (χ1v) is 28.5. The zero-order chi connectivity index (χ0) is 53.9. The molecule has 24 nitrogen and oxygen atoms in total. The summed E-state index contributed by atoms with van der Waals surface area (Å²) in [6.45, 7) is 2.17. The van der Waals surface area contributed by atoms with Crippen LogP contribution in [0.3, 0.4) is 0 Å². The monoisotopic (exact) mass is 1100 g/mol. The molecule has 1 saturated heterocycles. The highest BCUT2D eigenvalue weighted by Gasteiger charge is 2.47. The summed E-state index contributed by atoms with van der Waals surface area (Å²) in [5, 5.41) is 26.2. The van der Waals surface area contributed by atoms with Crippen molar-refractivity contribution in [3.05, 3.63) is 97.7 Å². The van der Waals surface area contributed by atoms with Gasteiger partial charge in [-0.15, -0.1) is 0 Å². The number of nitrogens with two attached hydrogens (primary N) is 1. The van der Waals surface area contributed by atoms with Gasteiger partial charge in [0.2, 0.25) is 16.9 Å². The van der Waals surface area contributed by atoms with E-state index in [2.05, 4.69) is 123 Å². The molecule has 0 saturated carbocycles. The van der Waals surface area contributed by atoms with E-state index in [0.717, 1.165) is 73.9 Å². The molecule has 3 rings (SSSR count). The zero-order valence-electron chi connectivity index (χ0n) is 40.7. The van der Waals surface area contributed by atoms with Gasteiger partial charge in [-0.1, -0.05) is 112 Å². The Balaban J connectivity index is 1.28. The van der Waals surface area contributed by atoms with Crippen molar-refractivity contribution in [2.24, 2.45) is 5.41 Å². The van der Waals surface area contributed by atoms with Gasteiger partial charge in [-0.05, 0) is 57.4 Å². The number of aromatic nitrogens is 4. The lowest BCUT2D eigenvalue weighted by atomic mass is 9.87. The van der Waals surface area contributed by atoms with E-state index in [4.69, 9.17) is 10.5 Å². The lowest BCUT2D eigenvalue weighted by molar-refractivity contribution is -0.347. The summed E-state index contributed by atoms with van der Waals surface area (Å²) in [7, 11) is -17.6. The first-order chi connectivity index (χ1) is 34.6. The number of carbonyl (C=O) groups excluding carboxylic acids is 3. The molecule has 2 aromatic rings. The normalized spacial score (nSPS) is 20.2. The van der Waals surface area contributed by atoms with Crippen LogP contribution in [0.4, 0.5) is 5.82 Å². The third-order valence-electron chi connectivity index (χ3n) is 10.1. The number of carbonyl (C=O) groups is 3. The molecule has 1 aliphatic heterocycles. The van der Waals surface area contributed by atoms with Gasteiger partial charge in [-0.3, -0.25) is 28.1 Å². The number of phosphoric ester groups is 3. The number of amides is 2. The molecule has 0 bridgehead atoms. The molecule has 0 spiro atoms. The van der Waals surface area contributed by atoms with Crippen molar-refractivity contribution in [1.29, 1.82) is 0 Å². The highest BCUT2D eigenvalue weighted by atomic mass is 32.2. The molecule has 0 radical (unpaired) electrons. The Morgan fingerprint density at radius 2 is 1.42 bits per heavy atom. The Morgan fingerprint density at radius 3 is 2.03 bits per heavy atom. The quantitative estimate of drug-likeness (QED) is 0.0291. The van der Waals surface area contributed by atoms with E-state index < -0.39 is 84.6 Å². The third kappa shape index (κ3) is 24.8. The van der Waals surface area contributed by atoms with Crippen LogP contribution < -0.4 is 35.9 Å². The van der Waals surface area contributed by atoms with Crippen molar-refractivity contribution in [3.8, 4) is 0 Å². The topological polar surface area (TPSA) is 375 Å². The minimum atomic E-state index is -5.93. The molecule has 3 heterocycles. The Bertz CT molecular complexity index is 2440. The Kier molecular flexibility index (Phi) is 27.8. The largest absolute Gasteiger partial charge is 0.790 e. The fraction of sp³-hybridized carbons (Fsp3) is 0.511. The van der Waals surface area contributed by atoms with Crippen LogP contribution in [0.2, 0.25) is 0 Å². The lowest BCUT2D eigenvalue weighted by Crippen LogP contribution is -2.46. The van der Waals surface area contributed by atoms with Crippen molar-refractivity contribution in [1.82, 2.24) is 30.2 Å². The maximum absolute atomic E-state index is 12.7. The van der Waals surface area contributed by atoms with E-state index >= 15 is 0 Å². The fourth-order valence-corrected chi connectivity index (χ4v) is 9.65. The summed E-state index contributed by atoms with van der Waals surface area (Å²) in [4.78, 5) is 96.9. The summed E-state index contributed by atoms with van der Waals surface area (Å²) in [6.07, 6.45) is 28.4. The predicted molar refractivity (Wildman–Crippen MR) is 265 cm³/mol. The molecule has 6 N–H and O–H groups in total. The average molecular weight is 1100 g/mol. The summed E-state index contributed by atoms with van der Waals surface area (Å²) >= 11 is 1.02. The zero-order valence-corrected chi connectivity index (χ0v) is 44.2. The number of hydrogen-bond donors (Lipinski definition) is 5. The molecule has 1 aliphatic rings. The van der Waals surface area contributed by atoms with Gasteiger partial charge in [0.15, 0.2) is 17.7 Å². The van der Waals surface area contributed by atoms with E-state index in [1.807, 2.05) is 0 Å².